The molecule has 0 bridgehead atoms. The van der Waals surface area contributed by atoms with Crippen LogP contribution in [0.4, 0.5) is 9.59 Å². The number of hydrogen-bond donors (Lipinski definition) is 0. The summed E-state index contributed by atoms with van der Waals surface area (Å²) >= 11 is 9.83. The van der Waals surface area contributed by atoms with Gasteiger partial charge in [0.15, 0.2) is 0 Å². The van der Waals surface area contributed by atoms with Crippen molar-refractivity contribution >= 4 is 34.1 Å². The quantitative estimate of drug-likeness (QED) is 0.411. The van der Waals surface area contributed by atoms with Gasteiger partial charge >= 0.3 is 10.9 Å². The maximum absolute atomic E-state index is 10.3. The van der Waals surface area contributed by atoms with Crippen LogP contribution in [0.3, 0.4) is 0 Å². The highest BCUT2D eigenvalue weighted by Crippen LogP contribution is 2.09. The number of carbonyl (C=O) groups is 2. The molecule has 0 aliphatic rings. The molecule has 0 heterocycles. The maximum atomic E-state index is 10.3. The Morgan fingerprint density at radius 3 is 2.08 bits per heavy atom. The molecule has 0 aromatic heterocycles. The van der Waals surface area contributed by atoms with Gasteiger partial charge in [0.05, 0.1) is 0 Å². The molecule has 0 N–H and O–H groups in total. The fourth-order valence-electron chi connectivity index (χ4n) is 0.603. The van der Waals surface area contributed by atoms with Gasteiger partial charge in [0.2, 0.25) is 6.29 Å². The van der Waals surface area contributed by atoms with Crippen LogP contribution in [0.15, 0.2) is 12.7 Å². The zero-order valence-corrected chi connectivity index (χ0v) is 8.18. The molecule has 0 aliphatic carbocycles. The Balaban J connectivity index is 3.93. The molecule has 0 aromatic rings. The highest BCUT2D eigenvalue weighted by molar-refractivity contribution is 6.61. The van der Waals surface area contributed by atoms with E-state index in [4.69, 9.17) is 23.2 Å². The van der Waals surface area contributed by atoms with Crippen LogP contribution in [0.2, 0.25) is 0 Å². The summed E-state index contributed by atoms with van der Waals surface area (Å²) in [7, 11) is 0. The molecule has 0 spiro atoms. The van der Waals surface area contributed by atoms with Crippen molar-refractivity contribution < 1.29 is 19.1 Å². The van der Waals surface area contributed by atoms with Gasteiger partial charge in [0, 0.05) is 29.6 Å². The molecule has 0 unspecified atom stereocenters. The Morgan fingerprint density at radius 1 is 1.31 bits per heavy atom. The van der Waals surface area contributed by atoms with E-state index in [1.165, 1.54) is 0 Å². The van der Waals surface area contributed by atoms with Crippen LogP contribution < -0.4 is 0 Å². The smallest absolute Gasteiger partial charge is 0.406 e. The summed E-state index contributed by atoms with van der Waals surface area (Å²) < 4.78 is 8.83. The highest BCUT2D eigenvalue weighted by atomic mass is 35.5. The number of rotatable bonds is 5. The predicted octanol–water partition coefficient (Wildman–Crippen LogP) is 3.03. The molecule has 6 heteroatoms. The van der Waals surface area contributed by atoms with Gasteiger partial charge in [0.1, 0.15) is 0 Å². The van der Waals surface area contributed by atoms with E-state index in [1.54, 1.807) is 6.08 Å². The summed E-state index contributed by atoms with van der Waals surface area (Å²) in [5.41, 5.74) is -2.10. The second-order valence-corrected chi connectivity index (χ2v) is 2.62. The van der Waals surface area contributed by atoms with E-state index >= 15 is 0 Å². The van der Waals surface area contributed by atoms with Crippen molar-refractivity contribution in [1.29, 1.82) is 0 Å². The van der Waals surface area contributed by atoms with E-state index in [0.717, 1.165) is 0 Å². The average molecular weight is 227 g/mol. The van der Waals surface area contributed by atoms with E-state index in [0.29, 0.717) is 6.42 Å². The van der Waals surface area contributed by atoms with Crippen molar-refractivity contribution in [3.05, 3.63) is 12.7 Å². The Bertz CT molecular complexity index is 189. The molecule has 74 valence electrons. The van der Waals surface area contributed by atoms with E-state index in [2.05, 4.69) is 16.1 Å². The van der Waals surface area contributed by atoms with Gasteiger partial charge < -0.3 is 9.47 Å². The molecule has 0 saturated carbocycles. The zero-order valence-electron chi connectivity index (χ0n) is 6.66. The topological polar surface area (TPSA) is 52.6 Å². The van der Waals surface area contributed by atoms with Gasteiger partial charge in [-0.05, 0) is 6.42 Å². The number of carbonyl (C=O) groups excluding carboxylic acids is 2. The predicted molar refractivity (Wildman–Crippen MR) is 47.9 cm³/mol. The third kappa shape index (κ3) is 7.62. The number of ether oxygens (including phenoxy) is 2. The summed E-state index contributed by atoms with van der Waals surface area (Å²) in [4.78, 5) is 20.6. The Hall–Kier alpha value is -0.740. The van der Waals surface area contributed by atoms with Crippen LogP contribution in [-0.2, 0) is 9.47 Å². The molecule has 0 rings (SSSR count). The Kier molecular flexibility index (Phi) is 6.36. The SMILES string of the molecule is C=CCCC(OC(=O)Cl)OC(=O)Cl. The van der Waals surface area contributed by atoms with E-state index in [-0.39, 0.29) is 6.42 Å². The number of hydrogen-bond acceptors (Lipinski definition) is 4. The highest BCUT2D eigenvalue weighted by Gasteiger charge is 2.15. The Morgan fingerprint density at radius 2 is 1.77 bits per heavy atom. The molecular formula is C7H8Cl2O4. The monoisotopic (exact) mass is 226 g/mol. The average Bonchev–Trinajstić information content (AvgIpc) is 1.98. The standard InChI is InChI=1S/C7H8Cl2O4/c1-2-3-4-5(12-6(8)10)13-7(9)11/h2,5H,1,3-4H2. The maximum Gasteiger partial charge on any atom is 0.406 e. The molecule has 0 fully saturated rings. The molecule has 0 aromatic carbocycles. The van der Waals surface area contributed by atoms with Gasteiger partial charge in [-0.2, -0.15) is 0 Å². The molecule has 0 amide bonds. The first-order valence-corrected chi connectivity index (χ1v) is 4.15. The lowest BCUT2D eigenvalue weighted by molar-refractivity contribution is -0.0475. The van der Waals surface area contributed by atoms with Crippen LogP contribution >= 0.6 is 23.2 Å². The van der Waals surface area contributed by atoms with Gasteiger partial charge in [-0.25, -0.2) is 9.59 Å². The van der Waals surface area contributed by atoms with Crippen LogP contribution in [0.1, 0.15) is 12.8 Å². The normalized spacial score (nSPS) is 9.46. The first kappa shape index (κ1) is 12.3. The molecule has 0 aliphatic heterocycles. The fourth-order valence-corrected chi connectivity index (χ4v) is 0.801. The molecule has 0 radical (unpaired) electrons. The minimum absolute atomic E-state index is 0.278. The fraction of sp³-hybridized carbons (Fsp3) is 0.429. The van der Waals surface area contributed by atoms with Crippen molar-refractivity contribution in [3.63, 3.8) is 0 Å². The molecular weight excluding hydrogens is 219 g/mol. The molecule has 0 atom stereocenters. The van der Waals surface area contributed by atoms with Crippen molar-refractivity contribution in [1.82, 2.24) is 0 Å². The molecule has 4 nitrogen and oxygen atoms in total. The zero-order chi connectivity index (χ0) is 10.3. The van der Waals surface area contributed by atoms with E-state index in [1.807, 2.05) is 0 Å². The first-order valence-electron chi connectivity index (χ1n) is 3.39. The number of allylic oxidation sites excluding steroid dienone is 1. The van der Waals surface area contributed by atoms with Crippen molar-refractivity contribution in [2.45, 2.75) is 19.1 Å². The van der Waals surface area contributed by atoms with Crippen LogP contribution in [0, 0.1) is 0 Å². The van der Waals surface area contributed by atoms with Crippen molar-refractivity contribution in [2.24, 2.45) is 0 Å². The summed E-state index contributed by atoms with van der Waals surface area (Å²) in [6.07, 6.45) is 1.32. The second kappa shape index (κ2) is 6.74. The Labute approximate surface area is 85.4 Å². The first-order chi connectivity index (χ1) is 6.06. The van der Waals surface area contributed by atoms with Crippen molar-refractivity contribution in [3.8, 4) is 0 Å². The summed E-state index contributed by atoms with van der Waals surface area (Å²) in [5.74, 6) is 0. The minimum Gasteiger partial charge on any atom is -0.413 e. The summed E-state index contributed by atoms with van der Waals surface area (Å²) in [6, 6.07) is 0. The lowest BCUT2D eigenvalue weighted by Crippen LogP contribution is -2.19. The van der Waals surface area contributed by atoms with E-state index in [9.17, 15) is 9.59 Å². The lowest BCUT2D eigenvalue weighted by Gasteiger charge is -2.13. The largest absolute Gasteiger partial charge is 0.413 e. The van der Waals surface area contributed by atoms with Gasteiger partial charge in [-0.3, -0.25) is 0 Å². The van der Waals surface area contributed by atoms with Gasteiger partial charge in [-0.1, -0.05) is 6.08 Å². The lowest BCUT2D eigenvalue weighted by atomic mass is 10.3. The van der Waals surface area contributed by atoms with E-state index < -0.39 is 17.1 Å². The third-order valence-electron chi connectivity index (χ3n) is 1.05. The van der Waals surface area contributed by atoms with Gasteiger partial charge in [-0.15, -0.1) is 6.58 Å². The van der Waals surface area contributed by atoms with Gasteiger partial charge in [0.25, 0.3) is 0 Å². The second-order valence-electron chi connectivity index (χ2n) is 2.01. The third-order valence-corrected chi connectivity index (χ3v) is 1.23. The van der Waals surface area contributed by atoms with Crippen molar-refractivity contribution in [2.75, 3.05) is 0 Å². The van der Waals surface area contributed by atoms with Crippen LogP contribution in [-0.4, -0.2) is 17.1 Å². The van der Waals surface area contributed by atoms with Crippen LogP contribution in [0.25, 0.3) is 0 Å². The molecule has 13 heavy (non-hydrogen) atoms. The summed E-state index contributed by atoms with van der Waals surface area (Å²) in [6.45, 7) is 3.44. The minimum atomic E-state index is -1.05. The number of halogens is 2. The summed E-state index contributed by atoms with van der Waals surface area (Å²) in [5, 5.41) is 0. The molecule has 0 saturated heterocycles. The van der Waals surface area contributed by atoms with Crippen LogP contribution in [0.5, 0.6) is 0 Å².